The first-order valence-corrected chi connectivity index (χ1v) is 6.69. The number of hydrogen-bond donors (Lipinski definition) is 0. The van der Waals surface area contributed by atoms with Gasteiger partial charge in [-0.15, -0.1) is 11.6 Å². The Morgan fingerprint density at radius 2 is 1.50 bits per heavy atom. The molecule has 1 unspecified atom stereocenters. The summed E-state index contributed by atoms with van der Waals surface area (Å²) in [5.41, 5.74) is 1.18. The van der Waals surface area contributed by atoms with E-state index < -0.39 is 5.38 Å². The van der Waals surface area contributed by atoms with Crippen molar-refractivity contribution < 1.29 is 13.9 Å². The van der Waals surface area contributed by atoms with Crippen molar-refractivity contribution in [1.29, 1.82) is 0 Å². The van der Waals surface area contributed by atoms with Gasteiger partial charge in [0.15, 0.2) is 0 Å². The van der Waals surface area contributed by atoms with Crippen molar-refractivity contribution in [1.82, 2.24) is 0 Å². The molecule has 106 valence electrons. The number of hydrogen-bond acceptors (Lipinski definition) is 2. The third-order valence-electron chi connectivity index (χ3n) is 2.93. The summed E-state index contributed by atoms with van der Waals surface area (Å²) in [5.74, 6) is 0.710. The fourth-order valence-corrected chi connectivity index (χ4v) is 2.50. The molecule has 2 aromatic carbocycles. The monoisotopic (exact) mass is 314 g/mol. The van der Waals surface area contributed by atoms with Crippen LogP contribution >= 0.6 is 23.2 Å². The van der Waals surface area contributed by atoms with E-state index in [1.54, 1.807) is 25.3 Å². The Hall–Kier alpha value is -1.45. The fraction of sp³-hybridized carbons (Fsp3) is 0.200. The highest BCUT2D eigenvalue weighted by atomic mass is 35.5. The average Bonchev–Trinajstić information content (AvgIpc) is 2.46. The number of rotatable bonds is 4. The molecule has 1 atom stereocenters. The van der Waals surface area contributed by atoms with Crippen LogP contribution in [0.3, 0.4) is 0 Å². The second-order valence-corrected chi connectivity index (χ2v) is 5.01. The highest BCUT2D eigenvalue weighted by Gasteiger charge is 2.20. The van der Waals surface area contributed by atoms with E-state index in [-0.39, 0.29) is 5.82 Å². The van der Waals surface area contributed by atoms with Gasteiger partial charge in [-0.3, -0.25) is 0 Å². The van der Waals surface area contributed by atoms with Gasteiger partial charge in [0.1, 0.15) is 17.3 Å². The van der Waals surface area contributed by atoms with E-state index in [2.05, 4.69) is 0 Å². The Balaban J connectivity index is 2.53. The van der Waals surface area contributed by atoms with Crippen molar-refractivity contribution in [3.05, 3.63) is 58.4 Å². The molecular weight excluding hydrogens is 302 g/mol. The maximum Gasteiger partial charge on any atom is 0.124 e. The minimum Gasteiger partial charge on any atom is -0.496 e. The van der Waals surface area contributed by atoms with Crippen molar-refractivity contribution >= 4 is 23.2 Å². The molecule has 0 saturated heterocycles. The molecule has 0 aromatic heterocycles. The molecule has 2 aromatic rings. The van der Waals surface area contributed by atoms with Crippen LogP contribution in [0.1, 0.15) is 16.5 Å². The molecule has 0 bridgehead atoms. The molecular formula is C15H13Cl2FO2. The van der Waals surface area contributed by atoms with Crippen LogP contribution in [0.4, 0.5) is 4.39 Å². The van der Waals surface area contributed by atoms with Crippen LogP contribution in [-0.4, -0.2) is 14.2 Å². The van der Waals surface area contributed by atoms with E-state index in [1.807, 2.05) is 0 Å². The molecule has 20 heavy (non-hydrogen) atoms. The van der Waals surface area contributed by atoms with E-state index in [4.69, 9.17) is 32.7 Å². The summed E-state index contributed by atoms with van der Waals surface area (Å²) in [5, 5.41) is -0.101. The summed E-state index contributed by atoms with van der Waals surface area (Å²) in [7, 11) is 3.05. The number of halogens is 3. The molecule has 0 spiro atoms. The predicted octanol–water partition coefficient (Wildman–Crippen LogP) is 4.82. The third-order valence-corrected chi connectivity index (χ3v) is 3.63. The maximum atomic E-state index is 13.4. The second-order valence-electron chi connectivity index (χ2n) is 4.14. The van der Waals surface area contributed by atoms with Crippen LogP contribution in [0.15, 0.2) is 36.4 Å². The first kappa shape index (κ1) is 14.9. The van der Waals surface area contributed by atoms with Gasteiger partial charge in [0.25, 0.3) is 0 Å². The SMILES string of the molecule is COc1ccc(F)cc1C(Cl)c1cc(Cl)ccc1OC. The molecule has 2 nitrogen and oxygen atoms in total. The average molecular weight is 315 g/mol. The van der Waals surface area contributed by atoms with Crippen LogP contribution in [0, 0.1) is 5.82 Å². The van der Waals surface area contributed by atoms with Crippen molar-refractivity contribution in [3.8, 4) is 11.5 Å². The Morgan fingerprint density at radius 3 is 2.10 bits per heavy atom. The van der Waals surface area contributed by atoms with Crippen LogP contribution in [0.2, 0.25) is 5.02 Å². The van der Waals surface area contributed by atoms with Gasteiger partial charge in [0, 0.05) is 16.1 Å². The summed E-state index contributed by atoms with van der Waals surface area (Å²) >= 11 is 12.4. The largest absolute Gasteiger partial charge is 0.496 e. The van der Waals surface area contributed by atoms with Crippen LogP contribution in [0.5, 0.6) is 11.5 Å². The zero-order valence-electron chi connectivity index (χ0n) is 11.0. The minimum atomic E-state index is -0.630. The van der Waals surface area contributed by atoms with Gasteiger partial charge in [0.2, 0.25) is 0 Å². The Labute approximate surface area is 127 Å². The number of ether oxygens (including phenoxy) is 2. The lowest BCUT2D eigenvalue weighted by Crippen LogP contribution is -2.01. The molecule has 0 aliphatic heterocycles. The molecule has 0 aliphatic carbocycles. The van der Waals surface area contributed by atoms with Crippen molar-refractivity contribution in [2.45, 2.75) is 5.38 Å². The van der Waals surface area contributed by atoms with Gasteiger partial charge in [-0.1, -0.05) is 11.6 Å². The molecule has 0 N–H and O–H groups in total. The zero-order chi connectivity index (χ0) is 14.7. The minimum absolute atomic E-state index is 0.382. The van der Waals surface area contributed by atoms with Gasteiger partial charge in [-0.25, -0.2) is 4.39 Å². The van der Waals surface area contributed by atoms with Crippen molar-refractivity contribution in [2.75, 3.05) is 14.2 Å². The number of alkyl halides is 1. The smallest absolute Gasteiger partial charge is 0.124 e. The highest BCUT2D eigenvalue weighted by molar-refractivity contribution is 6.31. The van der Waals surface area contributed by atoms with E-state index >= 15 is 0 Å². The van der Waals surface area contributed by atoms with Gasteiger partial charge in [-0.2, -0.15) is 0 Å². The summed E-state index contributed by atoms with van der Waals surface area (Å²) in [4.78, 5) is 0. The number of benzene rings is 2. The van der Waals surface area contributed by atoms with Crippen LogP contribution < -0.4 is 9.47 Å². The summed E-state index contributed by atoms with van der Waals surface area (Å²) in [6.07, 6.45) is 0. The molecule has 0 heterocycles. The Kier molecular flexibility index (Phi) is 4.73. The lowest BCUT2D eigenvalue weighted by molar-refractivity contribution is 0.404. The quantitative estimate of drug-likeness (QED) is 0.753. The highest BCUT2D eigenvalue weighted by Crippen LogP contribution is 2.40. The molecule has 5 heteroatoms. The molecule has 0 amide bonds. The van der Waals surface area contributed by atoms with Gasteiger partial charge in [-0.05, 0) is 36.4 Å². The molecule has 0 fully saturated rings. The fourth-order valence-electron chi connectivity index (χ4n) is 1.97. The van der Waals surface area contributed by atoms with Gasteiger partial charge in [0.05, 0.1) is 19.6 Å². The Bertz CT molecular complexity index is 563. The normalized spacial score (nSPS) is 12.1. The van der Waals surface area contributed by atoms with Crippen molar-refractivity contribution in [3.63, 3.8) is 0 Å². The predicted molar refractivity (Wildman–Crippen MR) is 78.7 cm³/mol. The maximum absolute atomic E-state index is 13.4. The summed E-state index contributed by atoms with van der Waals surface area (Å²) in [6, 6.07) is 9.33. The molecule has 0 radical (unpaired) electrons. The zero-order valence-corrected chi connectivity index (χ0v) is 12.5. The van der Waals surface area contributed by atoms with E-state index in [0.29, 0.717) is 27.6 Å². The van der Waals surface area contributed by atoms with Gasteiger partial charge < -0.3 is 9.47 Å². The first-order valence-electron chi connectivity index (χ1n) is 5.87. The number of methoxy groups -OCH3 is 2. The molecule has 0 saturated carbocycles. The second kappa shape index (κ2) is 6.33. The van der Waals surface area contributed by atoms with Crippen LogP contribution in [-0.2, 0) is 0 Å². The third kappa shape index (κ3) is 3.00. The van der Waals surface area contributed by atoms with Crippen molar-refractivity contribution in [2.24, 2.45) is 0 Å². The summed E-state index contributed by atoms with van der Waals surface area (Å²) < 4.78 is 23.9. The molecule has 2 rings (SSSR count). The Morgan fingerprint density at radius 1 is 0.950 bits per heavy atom. The lowest BCUT2D eigenvalue weighted by atomic mass is 10.0. The topological polar surface area (TPSA) is 18.5 Å². The molecule has 0 aliphatic rings. The van der Waals surface area contributed by atoms with E-state index in [0.717, 1.165) is 0 Å². The standard InChI is InChI=1S/C15H13Cl2FO2/c1-19-13-5-3-9(16)7-11(13)15(17)12-8-10(18)4-6-14(12)20-2/h3-8,15H,1-2H3. The van der Waals surface area contributed by atoms with E-state index in [9.17, 15) is 4.39 Å². The van der Waals surface area contributed by atoms with Crippen LogP contribution in [0.25, 0.3) is 0 Å². The van der Waals surface area contributed by atoms with Gasteiger partial charge >= 0.3 is 0 Å². The summed E-state index contributed by atoms with van der Waals surface area (Å²) in [6.45, 7) is 0. The first-order chi connectivity index (χ1) is 9.56. The lowest BCUT2D eigenvalue weighted by Gasteiger charge is -2.17. The van der Waals surface area contributed by atoms with E-state index in [1.165, 1.54) is 25.3 Å².